The number of nitrogens with zero attached hydrogens (tertiary/aromatic N) is 4. The van der Waals surface area contributed by atoms with E-state index in [4.69, 9.17) is 11.5 Å². The molecule has 4 N–H and O–H groups in total. The first-order valence-electron chi connectivity index (χ1n) is 5.95. The van der Waals surface area contributed by atoms with Gasteiger partial charge in [0.05, 0.1) is 0 Å². The van der Waals surface area contributed by atoms with Gasteiger partial charge in [-0.3, -0.25) is 0 Å². The standard InChI is InChI=1S/C13H10F2N6/c14-10-2-1-3-11(15)12(10)21-13(18-19-20-21)7-4-8(16)6-9(17)5-7/h1-6H,16-17H2. The van der Waals surface area contributed by atoms with Crippen LogP contribution >= 0.6 is 0 Å². The van der Waals surface area contributed by atoms with E-state index in [-0.39, 0.29) is 11.5 Å². The Morgan fingerprint density at radius 2 is 1.57 bits per heavy atom. The highest BCUT2D eigenvalue weighted by molar-refractivity contribution is 5.68. The van der Waals surface area contributed by atoms with Crippen LogP contribution in [0.2, 0.25) is 0 Å². The van der Waals surface area contributed by atoms with Crippen LogP contribution in [0.25, 0.3) is 17.1 Å². The second-order valence-corrected chi connectivity index (χ2v) is 4.37. The third kappa shape index (κ3) is 2.27. The van der Waals surface area contributed by atoms with E-state index in [0.717, 1.165) is 16.8 Å². The molecule has 0 fully saturated rings. The lowest BCUT2D eigenvalue weighted by molar-refractivity contribution is 0.557. The van der Waals surface area contributed by atoms with Crippen LogP contribution in [0.4, 0.5) is 20.2 Å². The number of para-hydroxylation sites is 1. The quantitative estimate of drug-likeness (QED) is 0.701. The number of nitrogen functional groups attached to an aromatic ring is 2. The Kier molecular flexibility index (Phi) is 2.98. The van der Waals surface area contributed by atoms with Crippen molar-refractivity contribution in [1.82, 2.24) is 20.2 Å². The van der Waals surface area contributed by atoms with Crippen molar-refractivity contribution in [3.63, 3.8) is 0 Å². The Morgan fingerprint density at radius 3 is 2.19 bits per heavy atom. The van der Waals surface area contributed by atoms with E-state index in [1.807, 2.05) is 0 Å². The van der Waals surface area contributed by atoms with Gasteiger partial charge in [0, 0.05) is 16.9 Å². The summed E-state index contributed by atoms with van der Waals surface area (Å²) in [6, 6.07) is 8.20. The molecule has 0 aliphatic rings. The van der Waals surface area contributed by atoms with Crippen molar-refractivity contribution in [3.8, 4) is 17.1 Å². The molecule has 0 atom stereocenters. The number of rotatable bonds is 2. The average Bonchev–Trinajstić information content (AvgIpc) is 2.86. The Morgan fingerprint density at radius 1 is 0.952 bits per heavy atom. The molecule has 3 rings (SSSR count). The summed E-state index contributed by atoms with van der Waals surface area (Å²) in [7, 11) is 0. The topological polar surface area (TPSA) is 95.6 Å². The van der Waals surface area contributed by atoms with Crippen LogP contribution < -0.4 is 11.5 Å². The van der Waals surface area contributed by atoms with E-state index in [9.17, 15) is 8.78 Å². The highest BCUT2D eigenvalue weighted by Gasteiger charge is 2.18. The third-order valence-electron chi connectivity index (χ3n) is 2.85. The molecule has 1 aromatic heterocycles. The van der Waals surface area contributed by atoms with Crippen LogP contribution in [-0.4, -0.2) is 20.2 Å². The molecule has 21 heavy (non-hydrogen) atoms. The summed E-state index contributed by atoms with van der Waals surface area (Å²) in [6.45, 7) is 0. The van der Waals surface area contributed by atoms with Gasteiger partial charge in [0.25, 0.3) is 0 Å². The first kappa shape index (κ1) is 13.0. The number of hydrogen-bond acceptors (Lipinski definition) is 5. The van der Waals surface area contributed by atoms with E-state index < -0.39 is 11.6 Å². The number of anilines is 2. The van der Waals surface area contributed by atoms with Crippen LogP contribution in [0.5, 0.6) is 0 Å². The van der Waals surface area contributed by atoms with Gasteiger partial charge in [-0.05, 0) is 40.8 Å². The van der Waals surface area contributed by atoms with Gasteiger partial charge in [0.15, 0.2) is 17.5 Å². The second-order valence-electron chi connectivity index (χ2n) is 4.37. The fourth-order valence-electron chi connectivity index (χ4n) is 2.01. The third-order valence-corrected chi connectivity index (χ3v) is 2.85. The minimum absolute atomic E-state index is 0.137. The van der Waals surface area contributed by atoms with Gasteiger partial charge < -0.3 is 11.5 Å². The molecule has 0 bridgehead atoms. The Balaban J connectivity index is 2.22. The van der Waals surface area contributed by atoms with Gasteiger partial charge >= 0.3 is 0 Å². The highest BCUT2D eigenvalue weighted by atomic mass is 19.1. The summed E-state index contributed by atoms with van der Waals surface area (Å²) < 4.78 is 28.7. The van der Waals surface area contributed by atoms with Gasteiger partial charge in [-0.15, -0.1) is 5.10 Å². The minimum atomic E-state index is -0.777. The zero-order valence-electron chi connectivity index (χ0n) is 10.7. The molecule has 0 radical (unpaired) electrons. The lowest BCUT2D eigenvalue weighted by Crippen LogP contribution is -2.06. The van der Waals surface area contributed by atoms with Crippen molar-refractivity contribution in [2.24, 2.45) is 0 Å². The summed E-state index contributed by atoms with van der Waals surface area (Å²) in [5.74, 6) is -1.42. The van der Waals surface area contributed by atoms with E-state index >= 15 is 0 Å². The molecule has 0 amide bonds. The lowest BCUT2D eigenvalue weighted by Gasteiger charge is -2.08. The number of tetrazole rings is 1. The first-order chi connectivity index (χ1) is 10.1. The van der Waals surface area contributed by atoms with Crippen LogP contribution in [0.1, 0.15) is 0 Å². The van der Waals surface area contributed by atoms with Crippen LogP contribution in [0.3, 0.4) is 0 Å². The maximum absolute atomic E-state index is 13.9. The first-order valence-corrected chi connectivity index (χ1v) is 5.95. The monoisotopic (exact) mass is 288 g/mol. The van der Waals surface area contributed by atoms with Gasteiger partial charge in [0.1, 0.15) is 5.69 Å². The predicted molar refractivity (Wildman–Crippen MR) is 73.3 cm³/mol. The molecule has 0 saturated heterocycles. The number of halogens is 2. The summed E-state index contributed by atoms with van der Waals surface area (Å²) >= 11 is 0. The van der Waals surface area contributed by atoms with Crippen molar-refractivity contribution in [3.05, 3.63) is 48.0 Å². The van der Waals surface area contributed by atoms with Crippen molar-refractivity contribution in [1.29, 1.82) is 0 Å². The molecule has 0 aliphatic heterocycles. The van der Waals surface area contributed by atoms with E-state index in [1.54, 1.807) is 18.2 Å². The highest BCUT2D eigenvalue weighted by Crippen LogP contribution is 2.26. The SMILES string of the molecule is Nc1cc(N)cc(-c2nnnn2-c2c(F)cccc2F)c1. The van der Waals surface area contributed by atoms with Crippen molar-refractivity contribution >= 4 is 11.4 Å². The Bertz CT molecular complexity index is 774. The predicted octanol–water partition coefficient (Wildman–Crippen LogP) is 1.77. The van der Waals surface area contributed by atoms with Crippen molar-refractivity contribution in [2.45, 2.75) is 0 Å². The van der Waals surface area contributed by atoms with E-state index in [2.05, 4.69) is 15.5 Å². The fraction of sp³-hybridized carbons (Fsp3) is 0. The largest absolute Gasteiger partial charge is 0.399 e. The summed E-state index contributed by atoms with van der Waals surface area (Å²) in [5, 5.41) is 10.9. The zero-order chi connectivity index (χ0) is 15.0. The Hall–Kier alpha value is -3.03. The Labute approximate surface area is 118 Å². The molecule has 8 heteroatoms. The van der Waals surface area contributed by atoms with Gasteiger partial charge in [-0.2, -0.15) is 4.68 Å². The molecule has 6 nitrogen and oxygen atoms in total. The van der Waals surface area contributed by atoms with Crippen LogP contribution in [0, 0.1) is 11.6 Å². The van der Waals surface area contributed by atoms with Gasteiger partial charge in [-0.1, -0.05) is 6.07 Å². The van der Waals surface area contributed by atoms with Crippen LogP contribution in [0.15, 0.2) is 36.4 Å². The summed E-state index contributed by atoms with van der Waals surface area (Å²) in [5.41, 5.74) is 12.3. The maximum Gasteiger partial charge on any atom is 0.187 e. The normalized spacial score (nSPS) is 10.8. The van der Waals surface area contributed by atoms with Crippen molar-refractivity contribution < 1.29 is 8.78 Å². The molecule has 2 aromatic carbocycles. The maximum atomic E-state index is 13.9. The van der Waals surface area contributed by atoms with Crippen LogP contribution in [-0.2, 0) is 0 Å². The molecule has 106 valence electrons. The average molecular weight is 288 g/mol. The molecule has 0 unspecified atom stereocenters. The number of nitrogens with two attached hydrogens (primary N) is 2. The van der Waals surface area contributed by atoms with Gasteiger partial charge in [-0.25, -0.2) is 8.78 Å². The molecule has 0 aliphatic carbocycles. The molecular formula is C13H10F2N6. The number of aromatic nitrogens is 4. The van der Waals surface area contributed by atoms with E-state index in [1.165, 1.54) is 6.07 Å². The molecular weight excluding hydrogens is 278 g/mol. The lowest BCUT2D eigenvalue weighted by atomic mass is 10.1. The molecule has 3 aromatic rings. The van der Waals surface area contributed by atoms with Crippen molar-refractivity contribution in [2.75, 3.05) is 11.5 Å². The molecule has 0 saturated carbocycles. The second kappa shape index (κ2) is 4.82. The molecule has 0 spiro atoms. The summed E-state index contributed by atoms with van der Waals surface area (Å²) in [4.78, 5) is 0. The fourth-order valence-corrected chi connectivity index (χ4v) is 2.01. The van der Waals surface area contributed by atoms with E-state index in [0.29, 0.717) is 16.9 Å². The number of benzene rings is 2. The minimum Gasteiger partial charge on any atom is -0.399 e. The number of hydrogen-bond donors (Lipinski definition) is 2. The molecule has 1 heterocycles. The smallest absolute Gasteiger partial charge is 0.187 e. The zero-order valence-corrected chi connectivity index (χ0v) is 10.7. The summed E-state index contributed by atoms with van der Waals surface area (Å²) in [6.07, 6.45) is 0. The van der Waals surface area contributed by atoms with Gasteiger partial charge in [0.2, 0.25) is 0 Å².